The second-order valence-corrected chi connectivity index (χ2v) is 8.20. The van der Waals surface area contributed by atoms with Crippen molar-refractivity contribution >= 4 is 11.8 Å². The normalized spacial score (nSPS) is 21.2. The molecule has 0 radical (unpaired) electrons. The molecule has 3 heterocycles. The van der Waals surface area contributed by atoms with Crippen LogP contribution in [0.3, 0.4) is 0 Å². The van der Waals surface area contributed by atoms with E-state index in [2.05, 4.69) is 5.32 Å². The van der Waals surface area contributed by atoms with Crippen molar-refractivity contribution in [1.82, 2.24) is 14.8 Å². The Morgan fingerprint density at radius 2 is 1.83 bits per heavy atom. The topological polar surface area (TPSA) is 71.4 Å². The lowest BCUT2D eigenvalue weighted by Gasteiger charge is -2.42. The third kappa shape index (κ3) is 4.26. The number of amides is 2. The molecule has 0 aliphatic carbocycles. The molecule has 4 rings (SSSR count). The SMILES string of the molecule is C[C@H](NC(=O)CCC(=O)N1CC2C[C@H](C1)Cn1c2cccc1=O)c1ccccc1. The van der Waals surface area contributed by atoms with E-state index in [-0.39, 0.29) is 42.2 Å². The predicted octanol–water partition coefficient (Wildman–Crippen LogP) is 2.45. The first-order chi connectivity index (χ1) is 14.0. The van der Waals surface area contributed by atoms with Crippen LogP contribution in [0.1, 0.15) is 49.4 Å². The van der Waals surface area contributed by atoms with Crippen molar-refractivity contribution < 1.29 is 9.59 Å². The lowest BCUT2D eigenvalue weighted by molar-refractivity contribution is -0.136. The molecule has 1 unspecified atom stereocenters. The van der Waals surface area contributed by atoms with Gasteiger partial charge < -0.3 is 14.8 Å². The van der Waals surface area contributed by atoms with Crippen LogP contribution in [-0.4, -0.2) is 34.4 Å². The van der Waals surface area contributed by atoms with E-state index in [0.29, 0.717) is 25.6 Å². The Morgan fingerprint density at radius 3 is 2.62 bits per heavy atom. The van der Waals surface area contributed by atoms with E-state index < -0.39 is 0 Å². The summed E-state index contributed by atoms with van der Waals surface area (Å²) in [6.07, 6.45) is 1.43. The van der Waals surface area contributed by atoms with Crippen molar-refractivity contribution in [3.05, 3.63) is 70.1 Å². The number of rotatable bonds is 5. The van der Waals surface area contributed by atoms with Gasteiger partial charge in [-0.25, -0.2) is 0 Å². The summed E-state index contributed by atoms with van der Waals surface area (Å²) in [5.74, 6) is 0.419. The summed E-state index contributed by atoms with van der Waals surface area (Å²) < 4.78 is 1.86. The van der Waals surface area contributed by atoms with E-state index in [4.69, 9.17) is 0 Å². The highest BCUT2D eigenvalue weighted by Gasteiger charge is 2.36. The van der Waals surface area contributed by atoms with Gasteiger partial charge in [0.25, 0.3) is 5.56 Å². The van der Waals surface area contributed by atoms with Gasteiger partial charge in [0.1, 0.15) is 0 Å². The largest absolute Gasteiger partial charge is 0.350 e. The molecule has 2 aromatic rings. The van der Waals surface area contributed by atoms with Gasteiger partial charge in [-0.1, -0.05) is 36.4 Å². The summed E-state index contributed by atoms with van der Waals surface area (Å²) in [4.78, 5) is 39.0. The molecule has 6 nitrogen and oxygen atoms in total. The zero-order valence-corrected chi connectivity index (χ0v) is 16.7. The summed E-state index contributed by atoms with van der Waals surface area (Å²) in [6.45, 7) is 3.91. The predicted molar refractivity (Wildman–Crippen MR) is 110 cm³/mol. The maximum Gasteiger partial charge on any atom is 0.250 e. The quantitative estimate of drug-likeness (QED) is 0.848. The van der Waals surface area contributed by atoms with Crippen LogP contribution in [0.25, 0.3) is 0 Å². The fourth-order valence-electron chi connectivity index (χ4n) is 4.62. The molecule has 1 aromatic heterocycles. The molecule has 29 heavy (non-hydrogen) atoms. The number of hydrogen-bond acceptors (Lipinski definition) is 3. The van der Waals surface area contributed by atoms with Crippen molar-refractivity contribution in [2.24, 2.45) is 5.92 Å². The Balaban J connectivity index is 1.32. The number of likely N-dealkylation sites (tertiary alicyclic amines) is 1. The number of nitrogens with one attached hydrogen (secondary N) is 1. The lowest BCUT2D eigenvalue weighted by atomic mass is 9.83. The average molecular weight is 393 g/mol. The Labute approximate surface area is 170 Å². The molecule has 152 valence electrons. The molecule has 2 amide bonds. The number of carbonyl (C=O) groups excluding carboxylic acids is 2. The zero-order chi connectivity index (χ0) is 20.4. The van der Waals surface area contributed by atoms with Gasteiger partial charge in [-0.05, 0) is 30.9 Å². The van der Waals surface area contributed by atoms with E-state index in [9.17, 15) is 14.4 Å². The molecule has 1 N–H and O–H groups in total. The van der Waals surface area contributed by atoms with Crippen LogP contribution in [0.4, 0.5) is 0 Å². The molecule has 2 aliphatic heterocycles. The maximum absolute atomic E-state index is 12.7. The molecule has 2 aliphatic rings. The lowest BCUT2D eigenvalue weighted by Crippen LogP contribution is -2.49. The smallest absolute Gasteiger partial charge is 0.250 e. The van der Waals surface area contributed by atoms with Gasteiger partial charge in [-0.2, -0.15) is 0 Å². The minimum absolute atomic E-state index is 0.0222. The van der Waals surface area contributed by atoms with Gasteiger partial charge >= 0.3 is 0 Å². The number of fused-ring (bicyclic) bond motifs is 4. The standard InChI is InChI=1S/C23H27N3O3/c1-16(18-6-3-2-4-7-18)24-21(27)10-11-22(28)25-13-17-12-19(15-25)20-8-5-9-23(29)26(20)14-17/h2-9,16-17,19H,10-15H2,1H3,(H,24,27)/t16-,17+,19?/m0/s1. The molecule has 1 aromatic carbocycles. The van der Waals surface area contributed by atoms with Crippen LogP contribution >= 0.6 is 0 Å². The first kappa shape index (κ1) is 19.4. The minimum Gasteiger partial charge on any atom is -0.350 e. The molecular formula is C23H27N3O3. The summed E-state index contributed by atoms with van der Waals surface area (Å²) >= 11 is 0. The van der Waals surface area contributed by atoms with Crippen molar-refractivity contribution in [3.8, 4) is 0 Å². The van der Waals surface area contributed by atoms with Gasteiger partial charge in [0, 0.05) is 50.2 Å². The van der Waals surface area contributed by atoms with Crippen LogP contribution in [0.15, 0.2) is 53.3 Å². The number of nitrogens with zero attached hydrogens (tertiary/aromatic N) is 2. The first-order valence-corrected chi connectivity index (χ1v) is 10.3. The van der Waals surface area contributed by atoms with Gasteiger partial charge in [0.05, 0.1) is 6.04 Å². The Hall–Kier alpha value is -2.89. The average Bonchev–Trinajstić information content (AvgIpc) is 2.73. The van der Waals surface area contributed by atoms with E-state index in [1.807, 2.05) is 52.8 Å². The number of benzene rings is 1. The highest BCUT2D eigenvalue weighted by Crippen LogP contribution is 2.35. The molecule has 1 fully saturated rings. The number of pyridine rings is 1. The molecule has 2 bridgehead atoms. The summed E-state index contributed by atoms with van der Waals surface area (Å²) in [6, 6.07) is 15.1. The fourth-order valence-corrected chi connectivity index (χ4v) is 4.62. The van der Waals surface area contributed by atoms with Gasteiger partial charge in [0.2, 0.25) is 11.8 Å². The highest BCUT2D eigenvalue weighted by atomic mass is 16.2. The van der Waals surface area contributed by atoms with Gasteiger partial charge in [-0.3, -0.25) is 14.4 Å². The fraction of sp³-hybridized carbons (Fsp3) is 0.435. The summed E-state index contributed by atoms with van der Waals surface area (Å²) in [7, 11) is 0. The number of piperidine rings is 1. The number of aromatic nitrogens is 1. The first-order valence-electron chi connectivity index (χ1n) is 10.3. The molecule has 0 saturated carbocycles. The third-order valence-corrected chi connectivity index (χ3v) is 6.08. The molecule has 3 atom stereocenters. The Bertz CT molecular complexity index is 953. The molecule has 0 spiro atoms. The van der Waals surface area contributed by atoms with Crippen LogP contribution < -0.4 is 10.9 Å². The monoisotopic (exact) mass is 393 g/mol. The molecular weight excluding hydrogens is 366 g/mol. The molecule has 1 saturated heterocycles. The minimum atomic E-state index is -0.108. The second kappa shape index (κ2) is 8.23. The van der Waals surface area contributed by atoms with Crippen LogP contribution in [0, 0.1) is 5.92 Å². The highest BCUT2D eigenvalue weighted by molar-refractivity contribution is 5.84. The maximum atomic E-state index is 12.7. The van der Waals surface area contributed by atoms with Crippen LogP contribution in [-0.2, 0) is 16.1 Å². The summed E-state index contributed by atoms with van der Waals surface area (Å²) in [5, 5.41) is 2.97. The second-order valence-electron chi connectivity index (χ2n) is 8.20. The van der Waals surface area contributed by atoms with E-state index >= 15 is 0 Å². The summed E-state index contributed by atoms with van der Waals surface area (Å²) in [5.41, 5.74) is 2.12. The van der Waals surface area contributed by atoms with Gasteiger partial charge in [-0.15, -0.1) is 0 Å². The van der Waals surface area contributed by atoms with Crippen LogP contribution in [0.5, 0.6) is 0 Å². The number of hydrogen-bond donors (Lipinski definition) is 1. The van der Waals surface area contributed by atoms with Crippen molar-refractivity contribution in [2.75, 3.05) is 13.1 Å². The van der Waals surface area contributed by atoms with E-state index in [1.54, 1.807) is 12.1 Å². The Kier molecular flexibility index (Phi) is 5.51. The number of carbonyl (C=O) groups is 2. The van der Waals surface area contributed by atoms with Crippen molar-refractivity contribution in [1.29, 1.82) is 0 Å². The zero-order valence-electron chi connectivity index (χ0n) is 16.7. The third-order valence-electron chi connectivity index (χ3n) is 6.08. The van der Waals surface area contributed by atoms with Gasteiger partial charge in [0.15, 0.2) is 0 Å². The molecule has 6 heteroatoms. The van der Waals surface area contributed by atoms with Crippen molar-refractivity contribution in [2.45, 2.75) is 44.7 Å². The van der Waals surface area contributed by atoms with Crippen molar-refractivity contribution in [3.63, 3.8) is 0 Å². The Morgan fingerprint density at radius 1 is 1.03 bits per heavy atom. The van der Waals surface area contributed by atoms with Crippen LogP contribution in [0.2, 0.25) is 0 Å². The van der Waals surface area contributed by atoms with E-state index in [1.165, 1.54) is 0 Å². The van der Waals surface area contributed by atoms with E-state index in [0.717, 1.165) is 17.7 Å².